The van der Waals surface area contributed by atoms with Gasteiger partial charge in [-0.05, 0) is 6.92 Å². The van der Waals surface area contributed by atoms with E-state index in [4.69, 9.17) is 0 Å². The largest absolute Gasteiger partial charge is 0.355 e. The number of aromatic nitrogens is 2. The van der Waals surface area contributed by atoms with E-state index in [0.717, 1.165) is 10.8 Å². The fraction of sp³-hybridized carbons (Fsp3) is 0.375. The summed E-state index contributed by atoms with van der Waals surface area (Å²) in [5.74, 6) is -0.476. The van der Waals surface area contributed by atoms with Gasteiger partial charge in [0.05, 0.1) is 11.1 Å². The third-order valence-electron chi connectivity index (χ3n) is 1.88. The standard InChI is InChI=1S/C8H10N4O5/c1-2-9-6(13)4-11-3-5(12(16)17)7(14)10-8(11)15/h3H,2,4H2,1H3,(H,9,13)(H,10,14,15). The summed E-state index contributed by atoms with van der Waals surface area (Å²) >= 11 is 0. The molecule has 17 heavy (non-hydrogen) atoms. The predicted molar refractivity (Wildman–Crippen MR) is 56.7 cm³/mol. The smallest absolute Gasteiger partial charge is 0.350 e. The first-order valence-electron chi connectivity index (χ1n) is 4.70. The zero-order valence-electron chi connectivity index (χ0n) is 8.93. The van der Waals surface area contributed by atoms with Crippen LogP contribution in [0.15, 0.2) is 15.8 Å². The second-order valence-electron chi connectivity index (χ2n) is 3.11. The Kier molecular flexibility index (Phi) is 3.75. The Balaban J connectivity index is 3.13. The third kappa shape index (κ3) is 3.00. The minimum atomic E-state index is -1.09. The summed E-state index contributed by atoms with van der Waals surface area (Å²) < 4.78 is 0.768. The summed E-state index contributed by atoms with van der Waals surface area (Å²) in [6.45, 7) is 1.68. The molecule has 0 saturated carbocycles. The number of carbonyl (C=O) groups is 1. The van der Waals surface area contributed by atoms with Crippen LogP contribution in [0.25, 0.3) is 0 Å². The minimum absolute atomic E-state index is 0.374. The summed E-state index contributed by atoms with van der Waals surface area (Å²) in [5, 5.41) is 12.9. The summed E-state index contributed by atoms with van der Waals surface area (Å²) in [7, 11) is 0. The molecular weight excluding hydrogens is 232 g/mol. The molecule has 0 radical (unpaired) electrons. The fourth-order valence-corrected chi connectivity index (χ4v) is 1.15. The third-order valence-corrected chi connectivity index (χ3v) is 1.88. The van der Waals surface area contributed by atoms with E-state index in [2.05, 4.69) is 5.32 Å². The van der Waals surface area contributed by atoms with Gasteiger partial charge in [-0.2, -0.15) is 0 Å². The molecule has 1 heterocycles. The molecule has 0 aliphatic rings. The molecule has 0 fully saturated rings. The highest BCUT2D eigenvalue weighted by Gasteiger charge is 2.15. The van der Waals surface area contributed by atoms with Gasteiger partial charge in [-0.25, -0.2) is 4.79 Å². The number of nitro groups is 1. The molecule has 0 saturated heterocycles. The first kappa shape index (κ1) is 12.6. The van der Waals surface area contributed by atoms with Crippen molar-refractivity contribution in [1.29, 1.82) is 0 Å². The lowest BCUT2D eigenvalue weighted by molar-refractivity contribution is -0.386. The number of amides is 1. The molecule has 0 bridgehead atoms. The normalized spacial score (nSPS) is 9.94. The predicted octanol–water partition coefficient (Wildman–Crippen LogP) is -1.42. The van der Waals surface area contributed by atoms with Gasteiger partial charge in [0, 0.05) is 6.54 Å². The van der Waals surface area contributed by atoms with Crippen molar-refractivity contribution in [3.05, 3.63) is 37.1 Å². The lowest BCUT2D eigenvalue weighted by Crippen LogP contribution is -2.36. The van der Waals surface area contributed by atoms with E-state index < -0.39 is 27.8 Å². The van der Waals surface area contributed by atoms with Gasteiger partial charge in [-0.15, -0.1) is 0 Å². The zero-order chi connectivity index (χ0) is 13.0. The fourth-order valence-electron chi connectivity index (χ4n) is 1.15. The van der Waals surface area contributed by atoms with Crippen LogP contribution in [0.4, 0.5) is 5.69 Å². The van der Waals surface area contributed by atoms with Crippen molar-refractivity contribution in [2.24, 2.45) is 0 Å². The summed E-state index contributed by atoms with van der Waals surface area (Å²) in [6, 6.07) is 0. The molecule has 2 N–H and O–H groups in total. The number of nitrogens with zero attached hydrogens (tertiary/aromatic N) is 2. The average Bonchev–Trinajstić information content (AvgIpc) is 2.21. The molecule has 9 nitrogen and oxygen atoms in total. The number of rotatable bonds is 4. The van der Waals surface area contributed by atoms with E-state index in [0.29, 0.717) is 6.54 Å². The molecule has 0 aromatic carbocycles. The first-order valence-corrected chi connectivity index (χ1v) is 4.70. The van der Waals surface area contributed by atoms with Crippen molar-refractivity contribution in [3.8, 4) is 0 Å². The molecule has 1 aromatic rings. The Morgan fingerprint density at radius 2 is 2.24 bits per heavy atom. The van der Waals surface area contributed by atoms with Crippen LogP contribution in [-0.2, 0) is 11.3 Å². The highest BCUT2D eigenvalue weighted by molar-refractivity contribution is 5.75. The Morgan fingerprint density at radius 3 is 2.76 bits per heavy atom. The van der Waals surface area contributed by atoms with Crippen LogP contribution in [-0.4, -0.2) is 26.9 Å². The van der Waals surface area contributed by atoms with Crippen molar-refractivity contribution in [2.45, 2.75) is 13.5 Å². The van der Waals surface area contributed by atoms with Crippen LogP contribution in [0.1, 0.15) is 6.92 Å². The van der Waals surface area contributed by atoms with Crippen molar-refractivity contribution in [3.63, 3.8) is 0 Å². The monoisotopic (exact) mass is 242 g/mol. The second kappa shape index (κ2) is 5.05. The summed E-state index contributed by atoms with van der Waals surface area (Å²) in [6.07, 6.45) is 0.746. The van der Waals surface area contributed by atoms with Crippen LogP contribution in [0, 0.1) is 10.1 Å². The Labute approximate surface area is 94.2 Å². The lowest BCUT2D eigenvalue weighted by atomic mass is 10.5. The van der Waals surface area contributed by atoms with Crippen molar-refractivity contribution < 1.29 is 9.72 Å². The highest BCUT2D eigenvalue weighted by atomic mass is 16.6. The van der Waals surface area contributed by atoms with Crippen LogP contribution < -0.4 is 16.6 Å². The number of carbonyl (C=O) groups excluding carboxylic acids is 1. The number of aromatic amines is 1. The van der Waals surface area contributed by atoms with Gasteiger partial charge in [0.25, 0.3) is 0 Å². The summed E-state index contributed by atoms with van der Waals surface area (Å²) in [4.78, 5) is 44.8. The Morgan fingerprint density at radius 1 is 1.59 bits per heavy atom. The quantitative estimate of drug-likeness (QED) is 0.494. The molecule has 0 unspecified atom stereocenters. The van der Waals surface area contributed by atoms with Gasteiger partial charge >= 0.3 is 16.9 Å². The topological polar surface area (TPSA) is 127 Å². The van der Waals surface area contributed by atoms with Gasteiger partial charge in [0.15, 0.2) is 0 Å². The van der Waals surface area contributed by atoms with Gasteiger partial charge in [-0.1, -0.05) is 0 Å². The highest BCUT2D eigenvalue weighted by Crippen LogP contribution is 1.98. The molecule has 92 valence electrons. The molecule has 1 rings (SSSR count). The Hall–Kier alpha value is -2.45. The maximum absolute atomic E-state index is 11.3. The van der Waals surface area contributed by atoms with Crippen molar-refractivity contribution >= 4 is 11.6 Å². The van der Waals surface area contributed by atoms with Crippen LogP contribution >= 0.6 is 0 Å². The SMILES string of the molecule is CCNC(=O)Cn1cc([N+](=O)[O-])c(=O)[nH]c1=O. The number of hydrogen-bond acceptors (Lipinski definition) is 5. The van der Waals surface area contributed by atoms with E-state index in [1.165, 1.54) is 0 Å². The minimum Gasteiger partial charge on any atom is -0.355 e. The van der Waals surface area contributed by atoms with Crippen LogP contribution in [0.3, 0.4) is 0 Å². The number of hydrogen-bond donors (Lipinski definition) is 2. The van der Waals surface area contributed by atoms with Crippen molar-refractivity contribution in [1.82, 2.24) is 14.9 Å². The van der Waals surface area contributed by atoms with Gasteiger partial charge in [0.2, 0.25) is 5.91 Å². The maximum atomic E-state index is 11.3. The van der Waals surface area contributed by atoms with Crippen LogP contribution in [0.2, 0.25) is 0 Å². The molecule has 0 aliphatic heterocycles. The second-order valence-corrected chi connectivity index (χ2v) is 3.11. The van der Waals surface area contributed by atoms with Crippen LogP contribution in [0.5, 0.6) is 0 Å². The molecule has 9 heteroatoms. The van der Waals surface area contributed by atoms with E-state index in [1.54, 1.807) is 11.9 Å². The van der Waals surface area contributed by atoms with E-state index in [1.807, 2.05) is 0 Å². The molecule has 0 atom stereocenters. The lowest BCUT2D eigenvalue weighted by Gasteiger charge is -2.04. The molecular formula is C8H10N4O5. The molecule has 0 spiro atoms. The summed E-state index contributed by atoms with van der Waals surface area (Å²) in [5.41, 5.74) is -2.74. The van der Waals surface area contributed by atoms with Gasteiger partial charge in [-0.3, -0.25) is 29.3 Å². The maximum Gasteiger partial charge on any atom is 0.350 e. The average molecular weight is 242 g/mol. The van der Waals surface area contributed by atoms with Crippen molar-refractivity contribution in [2.75, 3.05) is 6.54 Å². The van der Waals surface area contributed by atoms with Gasteiger partial charge in [0.1, 0.15) is 6.54 Å². The molecule has 0 aliphatic carbocycles. The zero-order valence-corrected chi connectivity index (χ0v) is 8.93. The molecule has 1 aromatic heterocycles. The number of H-pyrrole nitrogens is 1. The van der Waals surface area contributed by atoms with Gasteiger partial charge < -0.3 is 5.32 Å². The number of nitrogens with one attached hydrogen (secondary N) is 2. The van der Waals surface area contributed by atoms with E-state index in [9.17, 15) is 24.5 Å². The first-order chi connectivity index (χ1) is 7.95. The molecule has 1 amide bonds. The number of likely N-dealkylation sites (N-methyl/N-ethyl adjacent to an activating group) is 1. The Bertz CT molecular complexity index is 558. The van der Waals surface area contributed by atoms with E-state index in [-0.39, 0.29) is 6.54 Å². The van der Waals surface area contributed by atoms with E-state index >= 15 is 0 Å².